The lowest BCUT2D eigenvalue weighted by molar-refractivity contribution is -0.161. The standard InChI is InChI=1S/C16H22N2O3/c1-11-10-18(12(2)9-17-11)16(20)15(21-13(3)19)14-7-5-4-6-8-14/h4-8,11-12,15,17H,9-10H2,1-3H3. The molecule has 3 unspecified atom stereocenters. The van der Waals surface area contributed by atoms with Crippen LogP contribution in [0.15, 0.2) is 30.3 Å². The van der Waals surface area contributed by atoms with Gasteiger partial charge in [-0.25, -0.2) is 0 Å². The van der Waals surface area contributed by atoms with E-state index in [1.165, 1.54) is 6.92 Å². The molecule has 0 radical (unpaired) electrons. The molecule has 0 spiro atoms. The number of hydrogen-bond donors (Lipinski definition) is 1. The Bertz CT molecular complexity index is 504. The summed E-state index contributed by atoms with van der Waals surface area (Å²) in [6, 6.07) is 9.47. The minimum atomic E-state index is -0.864. The molecule has 1 aromatic rings. The van der Waals surface area contributed by atoms with Gasteiger partial charge in [-0.1, -0.05) is 30.3 Å². The molecule has 2 rings (SSSR count). The summed E-state index contributed by atoms with van der Waals surface area (Å²) in [5.41, 5.74) is 0.705. The predicted molar refractivity (Wildman–Crippen MR) is 79.6 cm³/mol. The number of nitrogens with one attached hydrogen (secondary N) is 1. The van der Waals surface area contributed by atoms with E-state index < -0.39 is 12.1 Å². The van der Waals surface area contributed by atoms with E-state index in [1.807, 2.05) is 44.2 Å². The molecule has 1 aromatic carbocycles. The van der Waals surface area contributed by atoms with E-state index in [1.54, 1.807) is 4.90 Å². The van der Waals surface area contributed by atoms with Crippen molar-refractivity contribution >= 4 is 11.9 Å². The van der Waals surface area contributed by atoms with Crippen LogP contribution < -0.4 is 5.32 Å². The SMILES string of the molecule is CC(=O)OC(C(=O)N1CC(C)NCC1C)c1ccccc1. The van der Waals surface area contributed by atoms with E-state index >= 15 is 0 Å². The van der Waals surface area contributed by atoms with Crippen LogP contribution in [0, 0.1) is 0 Å². The maximum atomic E-state index is 12.8. The van der Waals surface area contributed by atoms with Crippen LogP contribution in [-0.4, -0.2) is 41.9 Å². The summed E-state index contributed by atoms with van der Waals surface area (Å²) < 4.78 is 5.28. The van der Waals surface area contributed by atoms with Crippen molar-refractivity contribution in [2.75, 3.05) is 13.1 Å². The summed E-state index contributed by atoms with van der Waals surface area (Å²) in [6.45, 7) is 6.72. The molecule has 1 amide bonds. The van der Waals surface area contributed by atoms with Gasteiger partial charge in [0.1, 0.15) is 0 Å². The lowest BCUT2D eigenvalue weighted by Crippen LogP contribution is -2.57. The molecule has 1 aliphatic heterocycles. The monoisotopic (exact) mass is 290 g/mol. The normalized spacial score (nSPS) is 23.5. The summed E-state index contributed by atoms with van der Waals surface area (Å²) in [5, 5.41) is 3.33. The lowest BCUT2D eigenvalue weighted by atomic mass is 10.0. The van der Waals surface area contributed by atoms with E-state index in [4.69, 9.17) is 4.74 Å². The second kappa shape index (κ2) is 6.72. The highest BCUT2D eigenvalue weighted by Crippen LogP contribution is 2.22. The van der Waals surface area contributed by atoms with Crippen molar-refractivity contribution in [1.82, 2.24) is 10.2 Å². The summed E-state index contributed by atoms with van der Waals surface area (Å²) in [5.74, 6) is -0.606. The Labute approximate surface area is 125 Å². The number of amides is 1. The third-order valence-electron chi connectivity index (χ3n) is 3.66. The molecule has 0 bridgehead atoms. The molecular weight excluding hydrogens is 268 g/mol. The minimum Gasteiger partial charge on any atom is -0.447 e. The second-order valence-corrected chi connectivity index (χ2v) is 5.55. The number of piperazine rings is 1. The number of rotatable bonds is 3. The lowest BCUT2D eigenvalue weighted by Gasteiger charge is -2.39. The highest BCUT2D eigenvalue weighted by molar-refractivity contribution is 5.85. The zero-order valence-corrected chi connectivity index (χ0v) is 12.7. The van der Waals surface area contributed by atoms with Gasteiger partial charge >= 0.3 is 5.97 Å². The Morgan fingerprint density at radius 1 is 1.29 bits per heavy atom. The molecule has 5 nitrogen and oxygen atoms in total. The Hall–Kier alpha value is -1.88. The molecule has 1 fully saturated rings. The average Bonchev–Trinajstić information content (AvgIpc) is 2.47. The summed E-state index contributed by atoms with van der Waals surface area (Å²) in [7, 11) is 0. The number of nitrogens with zero attached hydrogens (tertiary/aromatic N) is 1. The molecule has 1 heterocycles. The fourth-order valence-corrected chi connectivity index (χ4v) is 2.53. The van der Waals surface area contributed by atoms with E-state index in [0.29, 0.717) is 12.1 Å². The van der Waals surface area contributed by atoms with Crippen LogP contribution in [0.1, 0.15) is 32.4 Å². The van der Waals surface area contributed by atoms with Crippen LogP contribution in [0.3, 0.4) is 0 Å². The molecule has 1 N–H and O–H groups in total. The number of hydrogen-bond acceptors (Lipinski definition) is 4. The Balaban J connectivity index is 2.23. The van der Waals surface area contributed by atoms with Gasteiger partial charge in [0.25, 0.3) is 5.91 Å². The number of benzene rings is 1. The topological polar surface area (TPSA) is 58.6 Å². The van der Waals surface area contributed by atoms with Gasteiger partial charge in [0.2, 0.25) is 6.10 Å². The Morgan fingerprint density at radius 3 is 2.57 bits per heavy atom. The summed E-state index contributed by atoms with van der Waals surface area (Å²) in [6.07, 6.45) is -0.864. The van der Waals surface area contributed by atoms with Crippen molar-refractivity contribution in [1.29, 1.82) is 0 Å². The molecule has 5 heteroatoms. The maximum absolute atomic E-state index is 12.8. The first-order valence-corrected chi connectivity index (χ1v) is 7.25. The summed E-state index contributed by atoms with van der Waals surface area (Å²) in [4.78, 5) is 26.0. The van der Waals surface area contributed by atoms with Crippen molar-refractivity contribution in [2.45, 2.75) is 39.0 Å². The quantitative estimate of drug-likeness (QED) is 0.857. The highest BCUT2D eigenvalue weighted by atomic mass is 16.5. The highest BCUT2D eigenvalue weighted by Gasteiger charge is 2.34. The number of esters is 1. The van der Waals surface area contributed by atoms with Gasteiger partial charge < -0.3 is 15.0 Å². The van der Waals surface area contributed by atoms with Crippen molar-refractivity contribution in [3.63, 3.8) is 0 Å². The third kappa shape index (κ3) is 3.82. The first-order chi connectivity index (χ1) is 9.99. The van der Waals surface area contributed by atoms with Crippen LogP contribution in [0.5, 0.6) is 0 Å². The van der Waals surface area contributed by atoms with Gasteiger partial charge in [-0.15, -0.1) is 0 Å². The molecule has 21 heavy (non-hydrogen) atoms. The Morgan fingerprint density at radius 2 is 1.95 bits per heavy atom. The fraction of sp³-hybridized carbons (Fsp3) is 0.500. The van der Waals surface area contributed by atoms with Crippen LogP contribution >= 0.6 is 0 Å². The molecule has 114 valence electrons. The molecule has 0 saturated carbocycles. The third-order valence-corrected chi connectivity index (χ3v) is 3.66. The van der Waals surface area contributed by atoms with Gasteiger partial charge in [0, 0.05) is 37.7 Å². The number of carbonyl (C=O) groups is 2. The van der Waals surface area contributed by atoms with Crippen LogP contribution in [0.2, 0.25) is 0 Å². The zero-order valence-electron chi connectivity index (χ0n) is 12.7. The second-order valence-electron chi connectivity index (χ2n) is 5.55. The molecule has 0 aliphatic carbocycles. The smallest absolute Gasteiger partial charge is 0.303 e. The summed E-state index contributed by atoms with van der Waals surface area (Å²) >= 11 is 0. The molecule has 3 atom stereocenters. The molecule has 0 aromatic heterocycles. The van der Waals surface area contributed by atoms with Gasteiger partial charge in [-0.3, -0.25) is 9.59 Å². The first kappa shape index (κ1) is 15.5. The predicted octanol–water partition coefficient (Wildman–Crippen LogP) is 1.50. The van der Waals surface area contributed by atoms with E-state index in [0.717, 1.165) is 6.54 Å². The number of carbonyl (C=O) groups excluding carboxylic acids is 2. The first-order valence-electron chi connectivity index (χ1n) is 7.25. The average molecular weight is 290 g/mol. The number of ether oxygens (including phenoxy) is 1. The molecular formula is C16H22N2O3. The molecule has 1 aliphatic rings. The van der Waals surface area contributed by atoms with E-state index in [2.05, 4.69) is 5.32 Å². The Kier molecular flexibility index (Phi) is 4.96. The van der Waals surface area contributed by atoms with Crippen LogP contribution in [0.4, 0.5) is 0 Å². The van der Waals surface area contributed by atoms with E-state index in [-0.39, 0.29) is 18.0 Å². The van der Waals surface area contributed by atoms with Crippen molar-refractivity contribution in [3.05, 3.63) is 35.9 Å². The van der Waals surface area contributed by atoms with Gasteiger partial charge in [-0.2, -0.15) is 0 Å². The fourth-order valence-electron chi connectivity index (χ4n) is 2.53. The minimum absolute atomic E-state index is 0.0791. The molecule has 1 saturated heterocycles. The van der Waals surface area contributed by atoms with Crippen molar-refractivity contribution in [3.8, 4) is 0 Å². The van der Waals surface area contributed by atoms with Crippen LogP contribution in [-0.2, 0) is 14.3 Å². The zero-order chi connectivity index (χ0) is 15.4. The van der Waals surface area contributed by atoms with Gasteiger partial charge in [-0.05, 0) is 13.8 Å². The van der Waals surface area contributed by atoms with Gasteiger partial charge in [0.15, 0.2) is 0 Å². The van der Waals surface area contributed by atoms with E-state index in [9.17, 15) is 9.59 Å². The van der Waals surface area contributed by atoms with Crippen LogP contribution in [0.25, 0.3) is 0 Å². The van der Waals surface area contributed by atoms with Crippen molar-refractivity contribution in [2.24, 2.45) is 0 Å². The maximum Gasteiger partial charge on any atom is 0.303 e. The van der Waals surface area contributed by atoms with Crippen molar-refractivity contribution < 1.29 is 14.3 Å². The van der Waals surface area contributed by atoms with Gasteiger partial charge in [0.05, 0.1) is 0 Å². The largest absolute Gasteiger partial charge is 0.447 e.